The highest BCUT2D eigenvalue weighted by molar-refractivity contribution is 5.70. The molecule has 6 heteroatoms. The maximum Gasteiger partial charge on any atom is 0.227 e. The number of aromatic nitrogens is 2. The minimum absolute atomic E-state index is 0.587. The maximum absolute atomic E-state index is 9.38. The van der Waals surface area contributed by atoms with Crippen molar-refractivity contribution < 1.29 is 0 Å². The lowest BCUT2D eigenvalue weighted by Crippen LogP contribution is -2.45. The van der Waals surface area contributed by atoms with E-state index in [0.717, 1.165) is 43.1 Å². The van der Waals surface area contributed by atoms with Crippen LogP contribution in [0, 0.1) is 11.3 Å². The molecule has 1 N–H and O–H groups in total. The van der Waals surface area contributed by atoms with Crippen LogP contribution in [-0.4, -0.2) is 48.1 Å². The number of anilines is 3. The van der Waals surface area contributed by atoms with Gasteiger partial charge in [0.25, 0.3) is 0 Å². The monoisotopic (exact) mass is 370 g/mol. The molecule has 1 aliphatic heterocycles. The number of hydrogen-bond acceptors (Lipinski definition) is 6. The number of nitrogens with zero attached hydrogens (tertiary/aromatic N) is 5. The molecule has 2 heterocycles. The third-order valence-electron chi connectivity index (χ3n) is 4.88. The van der Waals surface area contributed by atoms with E-state index in [-0.39, 0.29) is 0 Å². The van der Waals surface area contributed by atoms with Crippen LogP contribution in [0.4, 0.5) is 17.5 Å². The number of nitrogens with one attached hydrogen (secondary N) is 1. The second-order valence-electron chi connectivity index (χ2n) is 6.88. The van der Waals surface area contributed by atoms with Crippen LogP contribution in [0.5, 0.6) is 0 Å². The fourth-order valence-electron chi connectivity index (χ4n) is 3.23. The zero-order valence-corrected chi connectivity index (χ0v) is 15.8. The zero-order chi connectivity index (χ0) is 19.3. The Morgan fingerprint density at radius 3 is 2.39 bits per heavy atom. The van der Waals surface area contributed by atoms with Gasteiger partial charge in [0.05, 0.1) is 16.9 Å². The lowest BCUT2D eigenvalue weighted by Gasteiger charge is -2.32. The van der Waals surface area contributed by atoms with Crippen molar-refractivity contribution in [2.24, 2.45) is 0 Å². The first-order chi connectivity index (χ1) is 13.7. The van der Waals surface area contributed by atoms with Crippen LogP contribution in [0.1, 0.15) is 5.56 Å². The number of nitriles is 1. The van der Waals surface area contributed by atoms with Crippen LogP contribution in [0.25, 0.3) is 11.3 Å². The first-order valence-corrected chi connectivity index (χ1v) is 9.37. The lowest BCUT2D eigenvalue weighted by molar-refractivity contribution is 0.311. The summed E-state index contributed by atoms with van der Waals surface area (Å²) in [5.41, 5.74) is 3.23. The largest absolute Gasteiger partial charge is 0.339 e. The lowest BCUT2D eigenvalue weighted by atomic mass is 10.1. The van der Waals surface area contributed by atoms with Gasteiger partial charge in [0, 0.05) is 37.8 Å². The molecule has 28 heavy (non-hydrogen) atoms. The highest BCUT2D eigenvalue weighted by Gasteiger charge is 2.18. The Balaban J connectivity index is 1.73. The molecule has 0 unspecified atom stereocenters. The maximum atomic E-state index is 9.38. The normalized spacial score (nSPS) is 14.5. The van der Waals surface area contributed by atoms with Crippen molar-refractivity contribution in [3.63, 3.8) is 0 Å². The van der Waals surface area contributed by atoms with Crippen LogP contribution >= 0.6 is 0 Å². The van der Waals surface area contributed by atoms with Gasteiger partial charge in [-0.05, 0) is 19.2 Å². The minimum atomic E-state index is 0.587. The zero-order valence-electron chi connectivity index (χ0n) is 15.8. The molecule has 1 aromatic heterocycles. The average molecular weight is 370 g/mol. The molecule has 0 aliphatic carbocycles. The Bertz CT molecular complexity index is 987. The molecular formula is C22H22N6. The topological polar surface area (TPSA) is 68.1 Å². The van der Waals surface area contributed by atoms with Crippen LogP contribution in [-0.2, 0) is 0 Å². The Labute approximate surface area is 165 Å². The van der Waals surface area contributed by atoms with E-state index in [2.05, 4.69) is 28.2 Å². The Morgan fingerprint density at radius 1 is 0.929 bits per heavy atom. The molecular weight excluding hydrogens is 348 g/mol. The fourth-order valence-corrected chi connectivity index (χ4v) is 3.23. The Kier molecular flexibility index (Phi) is 5.18. The molecule has 0 radical (unpaired) electrons. The van der Waals surface area contributed by atoms with Gasteiger partial charge in [-0.15, -0.1) is 0 Å². The number of rotatable bonds is 4. The molecule has 1 saturated heterocycles. The molecule has 0 saturated carbocycles. The van der Waals surface area contributed by atoms with Gasteiger partial charge in [-0.1, -0.05) is 42.5 Å². The van der Waals surface area contributed by atoms with Gasteiger partial charge in [0.1, 0.15) is 11.9 Å². The van der Waals surface area contributed by atoms with Gasteiger partial charge in [0.15, 0.2) is 0 Å². The van der Waals surface area contributed by atoms with E-state index >= 15 is 0 Å². The van der Waals surface area contributed by atoms with Gasteiger partial charge < -0.3 is 15.1 Å². The average Bonchev–Trinajstić information content (AvgIpc) is 2.75. The van der Waals surface area contributed by atoms with Crippen molar-refractivity contribution in [1.82, 2.24) is 14.9 Å². The van der Waals surface area contributed by atoms with Gasteiger partial charge in [0.2, 0.25) is 5.95 Å². The summed E-state index contributed by atoms with van der Waals surface area (Å²) in [5, 5.41) is 12.7. The smallest absolute Gasteiger partial charge is 0.227 e. The number of para-hydroxylation sites is 1. The van der Waals surface area contributed by atoms with Crippen molar-refractivity contribution in [3.05, 3.63) is 66.2 Å². The molecule has 0 atom stereocenters. The van der Waals surface area contributed by atoms with Crippen molar-refractivity contribution in [3.8, 4) is 17.3 Å². The molecule has 2 aromatic carbocycles. The summed E-state index contributed by atoms with van der Waals surface area (Å²) in [4.78, 5) is 14.1. The molecule has 0 amide bonds. The summed E-state index contributed by atoms with van der Waals surface area (Å²) in [5.74, 6) is 1.40. The molecule has 3 aromatic rings. The summed E-state index contributed by atoms with van der Waals surface area (Å²) in [6, 6.07) is 21.7. The molecule has 1 fully saturated rings. The second kappa shape index (κ2) is 8.07. The molecule has 140 valence electrons. The van der Waals surface area contributed by atoms with Gasteiger partial charge in [-0.25, -0.2) is 4.98 Å². The van der Waals surface area contributed by atoms with Crippen LogP contribution in [0.15, 0.2) is 60.7 Å². The van der Waals surface area contributed by atoms with Crippen molar-refractivity contribution in [1.29, 1.82) is 5.26 Å². The van der Waals surface area contributed by atoms with Gasteiger partial charge in [-0.2, -0.15) is 10.2 Å². The van der Waals surface area contributed by atoms with E-state index in [9.17, 15) is 5.26 Å². The van der Waals surface area contributed by atoms with E-state index in [1.165, 1.54) is 0 Å². The van der Waals surface area contributed by atoms with Crippen molar-refractivity contribution >= 4 is 17.5 Å². The second-order valence-corrected chi connectivity index (χ2v) is 6.88. The van der Waals surface area contributed by atoms with Crippen LogP contribution in [0.3, 0.4) is 0 Å². The third-order valence-corrected chi connectivity index (χ3v) is 4.88. The van der Waals surface area contributed by atoms with Crippen molar-refractivity contribution in [2.45, 2.75) is 0 Å². The van der Waals surface area contributed by atoms with Gasteiger partial charge in [-0.3, -0.25) is 0 Å². The Morgan fingerprint density at radius 2 is 1.64 bits per heavy atom. The molecule has 0 bridgehead atoms. The summed E-state index contributed by atoms with van der Waals surface area (Å²) in [7, 11) is 2.13. The third kappa shape index (κ3) is 3.95. The first-order valence-electron chi connectivity index (χ1n) is 9.37. The Hall–Kier alpha value is -3.43. The molecule has 6 nitrogen and oxygen atoms in total. The van der Waals surface area contributed by atoms with Crippen LogP contribution in [0.2, 0.25) is 0 Å². The van der Waals surface area contributed by atoms with E-state index in [0.29, 0.717) is 17.3 Å². The fraction of sp³-hybridized carbons (Fsp3) is 0.227. The first kappa shape index (κ1) is 18.0. The van der Waals surface area contributed by atoms with Crippen LogP contribution < -0.4 is 10.2 Å². The quantitative estimate of drug-likeness (QED) is 0.758. The van der Waals surface area contributed by atoms with Crippen molar-refractivity contribution in [2.75, 3.05) is 43.4 Å². The summed E-state index contributed by atoms with van der Waals surface area (Å²) in [6.07, 6.45) is 0. The summed E-state index contributed by atoms with van der Waals surface area (Å²) < 4.78 is 0. The SMILES string of the molecule is CN1CCN(c2nc(Nc3ccccc3C#N)cc(-c3ccccc3)n2)CC1. The number of piperazine rings is 1. The van der Waals surface area contributed by atoms with E-state index in [1.54, 1.807) is 6.07 Å². The predicted octanol–water partition coefficient (Wildman–Crippen LogP) is 3.51. The molecule has 4 rings (SSSR count). The number of benzene rings is 2. The summed E-state index contributed by atoms with van der Waals surface area (Å²) in [6.45, 7) is 3.75. The highest BCUT2D eigenvalue weighted by Crippen LogP contribution is 2.26. The number of likely N-dealkylation sites (N-methyl/N-ethyl adjacent to an activating group) is 1. The van der Waals surface area contributed by atoms with E-state index in [4.69, 9.17) is 9.97 Å². The minimum Gasteiger partial charge on any atom is -0.339 e. The predicted molar refractivity (Wildman–Crippen MR) is 112 cm³/mol. The summed E-state index contributed by atoms with van der Waals surface area (Å²) >= 11 is 0. The molecule has 1 aliphatic rings. The number of hydrogen-bond donors (Lipinski definition) is 1. The van der Waals surface area contributed by atoms with E-state index in [1.807, 2.05) is 54.6 Å². The highest BCUT2D eigenvalue weighted by atomic mass is 15.3. The van der Waals surface area contributed by atoms with E-state index < -0.39 is 0 Å². The molecule has 0 spiro atoms. The standard InChI is InChI=1S/C22H22N6/c1-27-11-13-28(14-12-27)22-25-20(17-7-3-2-4-8-17)15-21(26-22)24-19-10-6-5-9-18(19)16-23/h2-10,15H,11-14H2,1H3,(H,24,25,26). The van der Waals surface area contributed by atoms with Gasteiger partial charge >= 0.3 is 0 Å².